The van der Waals surface area contributed by atoms with Gasteiger partial charge in [-0.25, -0.2) is 0 Å². The average molecular weight is 892 g/mol. The van der Waals surface area contributed by atoms with E-state index >= 15 is 0 Å². The molecule has 8 fully saturated rings. The van der Waals surface area contributed by atoms with E-state index in [9.17, 15) is 19.8 Å². The van der Waals surface area contributed by atoms with Gasteiger partial charge in [0.2, 0.25) is 0 Å². The first kappa shape index (κ1) is 44.8. The van der Waals surface area contributed by atoms with E-state index in [2.05, 4.69) is 52.0 Å². The Bertz CT molecular complexity index is 1790. The molecular formula is C51H79BrN4O4. The molecule has 0 saturated heterocycles. The maximum absolute atomic E-state index is 13.3. The molecule has 9 heteroatoms. The zero-order valence-corrected chi connectivity index (χ0v) is 39.6. The molecule has 8 aliphatic carbocycles. The highest BCUT2D eigenvalue weighted by Crippen LogP contribution is 2.66. The predicted molar refractivity (Wildman–Crippen MR) is 241 cm³/mol. The van der Waals surface area contributed by atoms with Crippen molar-refractivity contribution < 1.29 is 19.8 Å². The van der Waals surface area contributed by atoms with Crippen LogP contribution in [0.1, 0.15) is 161 Å². The van der Waals surface area contributed by atoms with Gasteiger partial charge < -0.3 is 10.2 Å². The third-order valence-corrected chi connectivity index (χ3v) is 20.0. The monoisotopic (exact) mass is 891 g/mol. The number of rotatable bonds is 6. The van der Waals surface area contributed by atoms with Crippen LogP contribution in [0.4, 0.5) is 0 Å². The van der Waals surface area contributed by atoms with Gasteiger partial charge in [-0.3, -0.25) is 19.4 Å². The topological polar surface area (TPSA) is 121 Å². The van der Waals surface area contributed by atoms with Gasteiger partial charge in [0, 0.05) is 24.2 Å². The van der Waals surface area contributed by atoms with Gasteiger partial charge in [-0.15, -0.1) is 0 Å². The molecule has 16 atom stereocenters. The molecule has 8 nitrogen and oxygen atoms in total. The lowest BCUT2D eigenvalue weighted by atomic mass is 9.49. The summed E-state index contributed by atoms with van der Waals surface area (Å²) in [5, 5.41) is 32.4. The molecule has 0 spiro atoms. The zero-order valence-electron chi connectivity index (χ0n) is 38.0. The van der Waals surface area contributed by atoms with Crippen LogP contribution in [0, 0.1) is 88.8 Å². The Labute approximate surface area is 370 Å². The van der Waals surface area contributed by atoms with Gasteiger partial charge in [-0.1, -0.05) is 36.7 Å². The summed E-state index contributed by atoms with van der Waals surface area (Å²) in [6.45, 7) is 13.5. The molecule has 0 aliphatic heterocycles. The Morgan fingerprint density at radius 2 is 1.22 bits per heavy atom. The van der Waals surface area contributed by atoms with Crippen molar-refractivity contribution >= 4 is 27.5 Å². The second-order valence-corrected chi connectivity index (χ2v) is 23.5. The van der Waals surface area contributed by atoms with Crippen molar-refractivity contribution in [1.82, 2.24) is 20.0 Å². The highest BCUT2D eigenvalue weighted by Gasteiger charge is 2.60. The Kier molecular flexibility index (Phi) is 13.1. The van der Waals surface area contributed by atoms with Crippen LogP contribution in [0.15, 0.2) is 24.8 Å². The quantitative estimate of drug-likeness (QED) is 0.248. The lowest BCUT2D eigenvalue weighted by Crippen LogP contribution is -2.51. The number of H-pyrrole nitrogens is 1. The van der Waals surface area contributed by atoms with Gasteiger partial charge in [0.1, 0.15) is 5.78 Å². The van der Waals surface area contributed by atoms with Crippen molar-refractivity contribution in [2.75, 3.05) is 5.33 Å². The van der Waals surface area contributed by atoms with Crippen LogP contribution in [0.3, 0.4) is 0 Å². The van der Waals surface area contributed by atoms with E-state index in [4.69, 9.17) is 0 Å². The lowest BCUT2D eigenvalue weighted by Gasteiger charge is -2.56. The van der Waals surface area contributed by atoms with E-state index in [1.165, 1.54) is 88.2 Å². The number of alkyl halides is 1. The highest BCUT2D eigenvalue weighted by molar-refractivity contribution is 9.09. The molecule has 0 bridgehead atoms. The van der Waals surface area contributed by atoms with Crippen molar-refractivity contribution in [3.63, 3.8) is 0 Å². The van der Waals surface area contributed by atoms with Gasteiger partial charge in [-0.2, -0.15) is 10.2 Å². The number of Topliss-reactive ketones (excluding diaryl/α,β-unsaturated/α-hetero) is 2. The first-order valence-corrected chi connectivity index (χ1v) is 25.7. The first-order valence-electron chi connectivity index (χ1n) is 24.6. The number of carbonyl (C=O) groups excluding carboxylic acids is 2. The fourth-order valence-corrected chi connectivity index (χ4v) is 17.0. The number of carbonyl (C=O) groups is 2. The molecule has 0 amide bonds. The van der Waals surface area contributed by atoms with Crippen LogP contribution in [0.25, 0.3) is 0 Å². The molecule has 334 valence electrons. The normalized spacial score (nSPS) is 45.1. The summed E-state index contributed by atoms with van der Waals surface area (Å²) in [7, 11) is 0. The second kappa shape index (κ2) is 17.6. The lowest BCUT2D eigenvalue weighted by molar-refractivity contribution is -0.133. The Morgan fingerprint density at radius 1 is 0.700 bits per heavy atom. The van der Waals surface area contributed by atoms with E-state index in [-0.39, 0.29) is 16.7 Å². The van der Waals surface area contributed by atoms with E-state index < -0.39 is 11.2 Å². The van der Waals surface area contributed by atoms with Crippen molar-refractivity contribution in [1.29, 1.82) is 0 Å². The van der Waals surface area contributed by atoms with Gasteiger partial charge in [0.15, 0.2) is 5.78 Å². The van der Waals surface area contributed by atoms with Crippen molar-refractivity contribution in [2.24, 2.45) is 81.8 Å². The van der Waals surface area contributed by atoms with E-state index in [1.807, 2.05) is 44.0 Å². The molecule has 0 unspecified atom stereocenters. The van der Waals surface area contributed by atoms with Crippen LogP contribution in [0.5, 0.6) is 0 Å². The predicted octanol–water partition coefficient (Wildman–Crippen LogP) is 10.7. The molecule has 10 rings (SSSR count). The minimum Gasteiger partial charge on any atom is -0.390 e. The number of hydrogen-bond acceptors (Lipinski definition) is 6. The standard InChI is InChI=1S/C26H40N2O2.C21H33BrO2.C4H6N2/c1-4-17-14-27-28(15-17)16-24(29)23-8-7-22-21-6-5-18-13-25(2,30)11-9-19(18)20(21)10-12-26(22,23)3;1-20(24)9-7-14-13(11-20)3-4-16-15(14)8-10-21(2)17(16)5-6-18(21)19(23)12-22;1-4-2-5-6-3-4/h14-15,18-23,30H,4-13,16H2,1-3H3;13-18,24H,3-12H2,1-2H3;2-3H,1H3,(H,5,6)/t18-,19+,20-,21-,22+,23-,25-,26+;13-,14+,15-,16-,17+,18-,20-,21+;/m11./s1. The molecule has 8 aliphatic rings. The molecular weight excluding hydrogens is 812 g/mol. The number of ketones is 2. The molecule has 8 saturated carbocycles. The van der Waals surface area contributed by atoms with E-state index in [0.717, 1.165) is 104 Å². The Balaban J connectivity index is 0.000000148. The van der Waals surface area contributed by atoms with E-state index in [0.29, 0.717) is 29.4 Å². The summed E-state index contributed by atoms with van der Waals surface area (Å²) in [5.74, 6) is 9.36. The number of nitrogens with zero attached hydrogens (tertiary/aromatic N) is 3. The average Bonchev–Trinajstić information content (AvgIpc) is 4.03. The molecule has 2 heterocycles. The number of aliphatic hydroxyl groups is 2. The van der Waals surface area contributed by atoms with Gasteiger partial charge in [0.25, 0.3) is 0 Å². The maximum atomic E-state index is 13.3. The largest absolute Gasteiger partial charge is 0.390 e. The summed E-state index contributed by atoms with van der Waals surface area (Å²) in [6, 6.07) is 0. The minimum atomic E-state index is -0.438. The number of fused-ring (bicyclic) bond motifs is 10. The van der Waals surface area contributed by atoms with Crippen LogP contribution < -0.4 is 0 Å². The summed E-state index contributed by atoms with van der Waals surface area (Å²) in [5.41, 5.74) is 1.98. The SMILES string of the molecule is CCc1cnn(CC(=O)[C@H]2CC[C@H]3[C@@H]4CC[C@@H]5C[C@](C)(O)CC[C@@H]5[C@H]4CC[C@]23C)c1.C[C@@]1(O)CC[C@H]2[C@H](CC[C@@H]3[C@@H]2CC[C@]2(C)[C@@H](C(=O)CBr)CC[C@@H]32)C1.Cc1cn[nH]c1. The zero-order chi connectivity index (χ0) is 42.6. The van der Waals surface area contributed by atoms with Crippen molar-refractivity contribution in [2.45, 2.75) is 181 Å². The summed E-state index contributed by atoms with van der Waals surface area (Å²) in [4.78, 5) is 25.8. The smallest absolute Gasteiger partial charge is 0.157 e. The fraction of sp³-hybridized carbons (Fsp3) is 0.843. The Hall–Kier alpha value is -1.84. The highest BCUT2D eigenvalue weighted by atomic mass is 79.9. The summed E-state index contributed by atoms with van der Waals surface area (Å²) >= 11 is 3.42. The summed E-state index contributed by atoms with van der Waals surface area (Å²) < 4.78 is 1.86. The molecule has 60 heavy (non-hydrogen) atoms. The first-order chi connectivity index (χ1) is 28.6. The number of aryl methyl sites for hydroxylation is 2. The van der Waals surface area contributed by atoms with Crippen molar-refractivity contribution in [3.05, 3.63) is 35.9 Å². The van der Waals surface area contributed by atoms with Gasteiger partial charge in [-0.05, 0) is 224 Å². The van der Waals surface area contributed by atoms with Gasteiger partial charge in [0.05, 0.1) is 35.5 Å². The number of halogens is 1. The van der Waals surface area contributed by atoms with Crippen molar-refractivity contribution in [3.8, 4) is 0 Å². The summed E-state index contributed by atoms with van der Waals surface area (Å²) in [6.07, 6.45) is 30.1. The molecule has 3 N–H and O–H groups in total. The second-order valence-electron chi connectivity index (χ2n) is 22.9. The fourth-order valence-electron chi connectivity index (χ4n) is 16.6. The Morgan fingerprint density at radius 3 is 1.65 bits per heavy atom. The molecule has 0 radical (unpaired) electrons. The van der Waals surface area contributed by atoms with Gasteiger partial charge >= 0.3 is 0 Å². The maximum Gasteiger partial charge on any atom is 0.157 e. The third-order valence-electron chi connectivity index (χ3n) is 19.4. The van der Waals surface area contributed by atoms with Crippen LogP contribution in [-0.4, -0.2) is 58.3 Å². The number of aromatic amines is 1. The molecule has 2 aromatic heterocycles. The van der Waals surface area contributed by atoms with Crippen LogP contribution in [-0.2, 0) is 22.6 Å². The number of hydrogen-bond donors (Lipinski definition) is 3. The third kappa shape index (κ3) is 8.70. The number of aromatic nitrogens is 4. The van der Waals surface area contributed by atoms with Crippen LogP contribution in [0.2, 0.25) is 0 Å². The number of nitrogens with one attached hydrogen (secondary N) is 1. The molecule has 0 aromatic carbocycles. The van der Waals surface area contributed by atoms with Crippen LogP contribution >= 0.6 is 15.9 Å². The minimum absolute atomic E-state index is 0.186. The van der Waals surface area contributed by atoms with E-state index in [1.54, 1.807) is 6.20 Å². The molecule has 2 aromatic rings.